The van der Waals surface area contributed by atoms with Crippen molar-refractivity contribution < 1.29 is 0 Å². The van der Waals surface area contributed by atoms with Gasteiger partial charge in [-0.15, -0.1) is 0 Å². The minimum atomic E-state index is -1.92. The minimum absolute atomic E-state index is 1.92. The lowest BCUT2D eigenvalue weighted by atomic mass is 26.8. The molecule has 0 aliphatic heterocycles. The number of halogens is 4. The molecule has 0 saturated carbocycles. The summed E-state index contributed by atoms with van der Waals surface area (Å²) < 4.78 is 0. The molecule has 0 heterocycles. The van der Waals surface area contributed by atoms with Crippen LogP contribution in [0.15, 0.2) is 0 Å². The second-order valence-corrected chi connectivity index (χ2v) is 31.6. The van der Waals surface area contributed by atoms with Gasteiger partial charge >= 0.3 is 6.68 Å². The Morgan fingerprint density at radius 3 is 1.20 bits per heavy atom. The third-order valence-corrected chi connectivity index (χ3v) is 0. The predicted molar refractivity (Wildman–Crippen MR) is 38.4 cm³/mol. The van der Waals surface area contributed by atoms with E-state index in [1.54, 1.807) is 0 Å². The van der Waals surface area contributed by atoms with Crippen LogP contribution in [-0.4, -0.2) is 6.68 Å². The fourth-order valence-corrected chi connectivity index (χ4v) is 0. The average molecular weight is 302 g/mol. The molecule has 0 nitrogen and oxygen atoms in total. The Labute approximate surface area is 58.1 Å². The van der Waals surface area contributed by atoms with E-state index in [0.29, 0.717) is 0 Å². The maximum Gasteiger partial charge on any atom is 0.477 e. The Hall–Kier alpha value is 2.26. The zero-order chi connectivity index (χ0) is 4.50. The van der Waals surface area contributed by atoms with Crippen LogP contribution >= 0.6 is 52.2 Å². The summed E-state index contributed by atoms with van der Waals surface area (Å²) in [5, 5.41) is 0. The molecule has 5 heteroatoms. The molecular weight excluding hydrogens is 302 g/mol. The van der Waals surface area contributed by atoms with E-state index in [2.05, 4.69) is 42.2 Å². The summed E-state index contributed by atoms with van der Waals surface area (Å²) in [6, 6.07) is 0. The van der Waals surface area contributed by atoms with Crippen LogP contribution in [0.5, 0.6) is 0 Å². The van der Waals surface area contributed by atoms with Crippen molar-refractivity contribution in [3.05, 3.63) is 0 Å². The van der Waals surface area contributed by atoms with Gasteiger partial charge in [-0.1, -0.05) is 0 Å². The van der Waals surface area contributed by atoms with Crippen molar-refractivity contribution in [3.8, 4) is 0 Å². The van der Waals surface area contributed by atoms with Crippen LogP contribution in [0.4, 0.5) is 0 Å². The zero-order valence-electron chi connectivity index (χ0n) is 2.09. The van der Waals surface area contributed by atoms with Gasteiger partial charge in [0.15, 0.2) is 0 Å². The Bertz CT molecular complexity index is 22.4. The van der Waals surface area contributed by atoms with Gasteiger partial charge in [-0.05, 0) is 0 Å². The lowest BCUT2D eigenvalue weighted by molar-refractivity contribution is 4.40. The van der Waals surface area contributed by atoms with Gasteiger partial charge < -0.3 is 52.2 Å². The standard InChI is InChI=1S/Al.3BrH.ClH/h;4*1H/q+3;;;;/p-4. The quantitative estimate of drug-likeness (QED) is 0.604. The molecular formula is AlBr3Cl-. The van der Waals surface area contributed by atoms with E-state index in [1.165, 1.54) is 0 Å². The summed E-state index contributed by atoms with van der Waals surface area (Å²) in [6.07, 6.45) is 0. The highest BCUT2D eigenvalue weighted by atomic mass is 80.0. The summed E-state index contributed by atoms with van der Waals surface area (Å²) in [4.78, 5) is 0. The third-order valence-electron chi connectivity index (χ3n) is 0. The van der Waals surface area contributed by atoms with Gasteiger partial charge in [-0.2, -0.15) is 0 Å². The highest BCUT2D eigenvalue weighted by Gasteiger charge is 2.10. The van der Waals surface area contributed by atoms with Gasteiger partial charge in [0.25, 0.3) is 0 Å². The van der Waals surface area contributed by atoms with Gasteiger partial charge in [-0.3, -0.25) is 0 Å². The predicted octanol–water partition coefficient (Wildman–Crippen LogP) is 2.85. The average Bonchev–Trinajstić information content (AvgIpc) is 0.722. The molecule has 5 heavy (non-hydrogen) atoms. The van der Waals surface area contributed by atoms with Crippen molar-refractivity contribution in [1.82, 2.24) is 0 Å². The largest absolute Gasteiger partial charge is 0.477 e. The molecule has 0 atom stereocenters. The molecule has 0 aromatic carbocycles. The smallest absolute Gasteiger partial charge is 0.405 e. The molecule has 0 saturated heterocycles. The lowest BCUT2D eigenvalue weighted by Crippen LogP contribution is -1.87. The molecule has 0 rings (SSSR count). The molecule has 0 aromatic heterocycles. The van der Waals surface area contributed by atoms with E-state index in [-0.39, 0.29) is 0 Å². The van der Waals surface area contributed by atoms with E-state index < -0.39 is 6.68 Å². The first-order valence-electron chi connectivity index (χ1n) is 0.873. The Balaban J connectivity index is 3.02. The summed E-state index contributed by atoms with van der Waals surface area (Å²) in [5.41, 5.74) is 0. The van der Waals surface area contributed by atoms with E-state index in [9.17, 15) is 0 Å². The van der Waals surface area contributed by atoms with Crippen molar-refractivity contribution in [3.63, 3.8) is 0 Å². The summed E-state index contributed by atoms with van der Waals surface area (Å²) in [7, 11) is 5.45. The van der Waals surface area contributed by atoms with Crippen LogP contribution in [0.1, 0.15) is 0 Å². The van der Waals surface area contributed by atoms with Crippen LogP contribution in [0, 0.1) is 0 Å². The topological polar surface area (TPSA) is 0 Å². The van der Waals surface area contributed by atoms with Crippen molar-refractivity contribution in [2.75, 3.05) is 0 Å². The van der Waals surface area contributed by atoms with Crippen LogP contribution in [0.3, 0.4) is 0 Å². The summed E-state index contributed by atoms with van der Waals surface area (Å²) in [5.74, 6) is 0. The normalized spacial score (nSPS) is 12.0. The van der Waals surface area contributed by atoms with Crippen LogP contribution in [0.2, 0.25) is 0 Å². The van der Waals surface area contributed by atoms with E-state index in [0.717, 1.165) is 0 Å². The SMILES string of the molecule is [Cl][Al-]([Br])([Br])[Br]. The second-order valence-electron chi connectivity index (χ2n) is 0.495. The minimum Gasteiger partial charge on any atom is -0.405 e. The van der Waals surface area contributed by atoms with Crippen molar-refractivity contribution in [2.24, 2.45) is 0 Å². The van der Waals surface area contributed by atoms with Gasteiger partial charge in [0, 0.05) is 0 Å². The Kier molecular flexibility index (Phi) is 3.69. The second kappa shape index (κ2) is 2.54. The van der Waals surface area contributed by atoms with E-state index in [4.69, 9.17) is 10.0 Å². The monoisotopic (exact) mass is 299 g/mol. The fourth-order valence-electron chi connectivity index (χ4n) is 0. The molecule has 0 amide bonds. The molecule has 0 aliphatic carbocycles. The van der Waals surface area contributed by atoms with Gasteiger partial charge in [0.2, 0.25) is 0 Å². The number of hydrogen-bond acceptors (Lipinski definition) is 0. The molecule has 0 fully saturated rings. The van der Waals surface area contributed by atoms with E-state index >= 15 is 0 Å². The third kappa shape index (κ3) is 22.2. The first-order chi connectivity index (χ1) is 2.00. The molecule has 0 bridgehead atoms. The molecule has 0 radical (unpaired) electrons. The Morgan fingerprint density at radius 1 is 1.20 bits per heavy atom. The molecule has 0 N–H and O–H groups in total. The molecule has 0 unspecified atom stereocenters. The first kappa shape index (κ1) is 7.26. The maximum atomic E-state index is 5.45. The van der Waals surface area contributed by atoms with Gasteiger partial charge in [-0.25, -0.2) is 0 Å². The fraction of sp³-hybridized carbons (Fsp3) is 0. The van der Waals surface area contributed by atoms with Gasteiger partial charge in [0.05, 0.1) is 0 Å². The maximum absolute atomic E-state index is 5.45. The highest BCUT2D eigenvalue weighted by Crippen LogP contribution is 2.30. The summed E-state index contributed by atoms with van der Waals surface area (Å²) in [6.45, 7) is -1.92. The number of hydrogen-bond donors (Lipinski definition) is 0. The van der Waals surface area contributed by atoms with Gasteiger partial charge in [0.1, 0.15) is 0 Å². The van der Waals surface area contributed by atoms with Crippen LogP contribution in [-0.2, 0) is 0 Å². The number of rotatable bonds is 0. The first-order valence-corrected chi connectivity index (χ1v) is 12.2. The lowest BCUT2D eigenvalue weighted by Gasteiger charge is -1.99. The highest BCUT2D eigenvalue weighted by molar-refractivity contribution is 9.74. The Morgan fingerprint density at radius 2 is 1.20 bits per heavy atom. The van der Waals surface area contributed by atoms with Crippen molar-refractivity contribution in [1.29, 1.82) is 0 Å². The molecule has 0 spiro atoms. The zero-order valence-corrected chi connectivity index (χ0v) is 8.76. The molecule has 0 aliphatic rings. The molecule has 32 valence electrons. The van der Waals surface area contributed by atoms with E-state index in [1.807, 2.05) is 0 Å². The summed E-state index contributed by atoms with van der Waals surface area (Å²) >= 11 is 9.42. The molecule has 0 aromatic rings. The van der Waals surface area contributed by atoms with Crippen molar-refractivity contribution >= 4 is 58.9 Å². The van der Waals surface area contributed by atoms with Crippen molar-refractivity contribution in [2.45, 2.75) is 0 Å². The van der Waals surface area contributed by atoms with Crippen LogP contribution in [0.25, 0.3) is 0 Å². The van der Waals surface area contributed by atoms with Crippen LogP contribution < -0.4 is 0 Å².